The number of amides is 2. The summed E-state index contributed by atoms with van der Waals surface area (Å²) in [7, 11) is -3.23. The molecular formula is C17H22N4O4S2. The number of hydrogen-bond acceptors (Lipinski definition) is 6. The van der Waals surface area contributed by atoms with Crippen LogP contribution in [0.2, 0.25) is 0 Å². The van der Waals surface area contributed by atoms with Crippen molar-refractivity contribution in [3.8, 4) is 5.75 Å². The summed E-state index contributed by atoms with van der Waals surface area (Å²) in [6.45, 7) is 4.73. The van der Waals surface area contributed by atoms with Crippen LogP contribution in [0.3, 0.4) is 0 Å². The quantitative estimate of drug-likeness (QED) is 0.763. The van der Waals surface area contributed by atoms with Crippen LogP contribution in [0.15, 0.2) is 24.3 Å². The van der Waals surface area contributed by atoms with Crippen LogP contribution in [0, 0.1) is 0 Å². The van der Waals surface area contributed by atoms with E-state index in [1.165, 1.54) is 15.6 Å². The van der Waals surface area contributed by atoms with Crippen molar-refractivity contribution >= 4 is 38.2 Å². The molecule has 2 heterocycles. The van der Waals surface area contributed by atoms with Crippen LogP contribution in [0.25, 0.3) is 0 Å². The second-order valence-electron chi connectivity index (χ2n) is 5.88. The van der Waals surface area contributed by atoms with Gasteiger partial charge in [0.1, 0.15) is 5.75 Å². The van der Waals surface area contributed by atoms with E-state index in [0.717, 1.165) is 10.6 Å². The number of hydrogen-bond donors (Lipinski definition) is 2. The van der Waals surface area contributed by atoms with Crippen LogP contribution in [0.1, 0.15) is 24.4 Å². The predicted octanol–water partition coefficient (Wildman–Crippen LogP) is 2.89. The van der Waals surface area contributed by atoms with E-state index >= 15 is 0 Å². The Morgan fingerprint density at radius 1 is 1.30 bits per heavy atom. The molecule has 2 aromatic rings. The van der Waals surface area contributed by atoms with Gasteiger partial charge in [-0.25, -0.2) is 18.2 Å². The smallest absolute Gasteiger partial charge is 0.325 e. The molecule has 0 radical (unpaired) electrons. The van der Waals surface area contributed by atoms with Crippen LogP contribution >= 0.6 is 11.3 Å². The predicted molar refractivity (Wildman–Crippen MR) is 106 cm³/mol. The Morgan fingerprint density at radius 2 is 2.07 bits per heavy atom. The normalized spacial score (nSPS) is 14.4. The molecular weight excluding hydrogens is 388 g/mol. The molecule has 0 spiro atoms. The molecule has 1 aromatic carbocycles. The van der Waals surface area contributed by atoms with Crippen molar-refractivity contribution in [2.45, 2.75) is 26.8 Å². The van der Waals surface area contributed by atoms with Crippen molar-refractivity contribution in [3.63, 3.8) is 0 Å². The first-order valence-corrected chi connectivity index (χ1v) is 11.1. The number of rotatable bonds is 6. The van der Waals surface area contributed by atoms with Gasteiger partial charge in [0.25, 0.3) is 0 Å². The lowest BCUT2D eigenvalue weighted by Gasteiger charge is -2.24. The number of nitrogens with one attached hydrogen (secondary N) is 2. The van der Waals surface area contributed by atoms with Crippen molar-refractivity contribution in [1.29, 1.82) is 0 Å². The fourth-order valence-electron chi connectivity index (χ4n) is 2.75. The summed E-state index contributed by atoms with van der Waals surface area (Å²) >= 11 is 1.30. The summed E-state index contributed by atoms with van der Waals surface area (Å²) in [6.07, 6.45) is 0.543. The molecule has 0 fully saturated rings. The first-order chi connectivity index (χ1) is 12.9. The molecule has 146 valence electrons. The van der Waals surface area contributed by atoms with Crippen molar-refractivity contribution in [2.24, 2.45) is 0 Å². The van der Waals surface area contributed by atoms with Gasteiger partial charge < -0.3 is 10.1 Å². The van der Waals surface area contributed by atoms with Crippen molar-refractivity contribution in [2.75, 3.05) is 29.5 Å². The summed E-state index contributed by atoms with van der Waals surface area (Å²) < 4.78 is 31.1. The van der Waals surface area contributed by atoms with Gasteiger partial charge in [0.2, 0.25) is 10.0 Å². The van der Waals surface area contributed by atoms with E-state index in [0.29, 0.717) is 42.7 Å². The monoisotopic (exact) mass is 410 g/mol. The van der Waals surface area contributed by atoms with Gasteiger partial charge in [0.05, 0.1) is 23.7 Å². The Bertz CT molecular complexity index is 927. The maximum absolute atomic E-state index is 12.3. The number of carbonyl (C=O) groups is 1. The van der Waals surface area contributed by atoms with Crippen LogP contribution < -0.4 is 15.4 Å². The number of benzene rings is 1. The number of thiazole rings is 1. The Balaban J connectivity index is 1.67. The number of fused-ring (bicyclic) bond motifs is 1. The van der Waals surface area contributed by atoms with E-state index in [4.69, 9.17) is 4.74 Å². The average molecular weight is 411 g/mol. The first-order valence-electron chi connectivity index (χ1n) is 8.69. The zero-order valence-corrected chi connectivity index (χ0v) is 16.8. The lowest BCUT2D eigenvalue weighted by molar-refractivity contribution is 0.262. The number of ether oxygens (including phenoxy) is 1. The summed E-state index contributed by atoms with van der Waals surface area (Å²) in [4.78, 5) is 17.6. The van der Waals surface area contributed by atoms with E-state index in [-0.39, 0.29) is 5.75 Å². The minimum absolute atomic E-state index is 0.0773. The van der Waals surface area contributed by atoms with Crippen LogP contribution in [0.4, 0.5) is 15.6 Å². The van der Waals surface area contributed by atoms with Gasteiger partial charge in [-0.05, 0) is 26.0 Å². The Labute approximate surface area is 162 Å². The minimum atomic E-state index is -3.23. The molecule has 2 amide bonds. The van der Waals surface area contributed by atoms with Crippen molar-refractivity contribution in [1.82, 2.24) is 9.29 Å². The lowest BCUT2D eigenvalue weighted by atomic mass is 10.2. The molecule has 2 N–H and O–H groups in total. The minimum Gasteiger partial charge on any atom is -0.492 e. The zero-order chi connectivity index (χ0) is 19.4. The van der Waals surface area contributed by atoms with E-state index in [9.17, 15) is 13.2 Å². The van der Waals surface area contributed by atoms with Gasteiger partial charge in [-0.3, -0.25) is 5.32 Å². The molecule has 0 aliphatic carbocycles. The Morgan fingerprint density at radius 3 is 2.81 bits per heavy atom. The molecule has 8 nitrogen and oxygen atoms in total. The fraction of sp³-hybridized carbons (Fsp3) is 0.412. The highest BCUT2D eigenvalue weighted by Crippen LogP contribution is 2.30. The van der Waals surface area contributed by atoms with Gasteiger partial charge in [-0.1, -0.05) is 23.5 Å². The summed E-state index contributed by atoms with van der Waals surface area (Å²) in [5.41, 5.74) is 1.41. The molecule has 0 saturated heterocycles. The highest BCUT2D eigenvalue weighted by molar-refractivity contribution is 7.89. The SMILES string of the molecule is CCOc1ccccc1NC(=O)Nc1nc2c(s1)CN(S(=O)(=O)CC)CC2. The molecule has 1 aliphatic heterocycles. The number of aromatic nitrogens is 1. The molecule has 3 rings (SSSR count). The number of sulfonamides is 1. The molecule has 0 atom stereocenters. The molecule has 0 saturated carbocycles. The molecule has 0 unspecified atom stereocenters. The third-order valence-corrected chi connectivity index (χ3v) is 6.94. The number of para-hydroxylation sites is 2. The lowest BCUT2D eigenvalue weighted by Crippen LogP contribution is -2.36. The molecule has 1 aliphatic rings. The summed E-state index contributed by atoms with van der Waals surface area (Å²) in [5, 5.41) is 5.92. The van der Waals surface area contributed by atoms with Crippen molar-refractivity contribution in [3.05, 3.63) is 34.8 Å². The maximum atomic E-state index is 12.3. The number of nitrogens with zero attached hydrogens (tertiary/aromatic N) is 2. The van der Waals surface area contributed by atoms with Gasteiger partial charge in [0, 0.05) is 24.4 Å². The first kappa shape index (κ1) is 19.6. The van der Waals surface area contributed by atoms with Gasteiger partial charge in [0.15, 0.2) is 5.13 Å². The molecule has 0 bridgehead atoms. The van der Waals surface area contributed by atoms with E-state index in [2.05, 4.69) is 15.6 Å². The summed E-state index contributed by atoms with van der Waals surface area (Å²) in [5.74, 6) is 0.669. The van der Waals surface area contributed by atoms with Crippen LogP contribution in [0.5, 0.6) is 5.75 Å². The largest absolute Gasteiger partial charge is 0.492 e. The van der Waals surface area contributed by atoms with E-state index in [1.54, 1.807) is 19.1 Å². The molecule has 1 aromatic heterocycles. The second kappa shape index (κ2) is 8.24. The average Bonchev–Trinajstić information content (AvgIpc) is 3.04. The fourth-order valence-corrected chi connectivity index (χ4v) is 4.91. The third kappa shape index (κ3) is 4.57. The third-order valence-electron chi connectivity index (χ3n) is 4.11. The standard InChI is InChI=1S/C17H22N4O4S2/c1-3-25-14-8-6-5-7-12(14)18-16(22)20-17-19-13-9-10-21(11-15(13)26-17)27(23,24)4-2/h5-8H,3-4,9-11H2,1-2H3,(H2,18,19,20,22). The number of anilines is 2. The Hall–Kier alpha value is -2.17. The Kier molecular flexibility index (Phi) is 5.98. The highest BCUT2D eigenvalue weighted by atomic mass is 32.2. The van der Waals surface area contributed by atoms with Gasteiger partial charge >= 0.3 is 6.03 Å². The van der Waals surface area contributed by atoms with Gasteiger partial charge in [-0.2, -0.15) is 4.31 Å². The second-order valence-corrected chi connectivity index (χ2v) is 9.22. The van der Waals surface area contributed by atoms with E-state index < -0.39 is 16.1 Å². The van der Waals surface area contributed by atoms with Gasteiger partial charge in [-0.15, -0.1) is 0 Å². The number of carbonyl (C=O) groups excluding carboxylic acids is 1. The topological polar surface area (TPSA) is 101 Å². The van der Waals surface area contributed by atoms with E-state index in [1.807, 2.05) is 19.1 Å². The maximum Gasteiger partial charge on any atom is 0.325 e. The summed E-state index contributed by atoms with van der Waals surface area (Å²) in [6, 6.07) is 6.75. The number of urea groups is 1. The van der Waals surface area contributed by atoms with Crippen molar-refractivity contribution < 1.29 is 17.9 Å². The highest BCUT2D eigenvalue weighted by Gasteiger charge is 2.28. The van der Waals surface area contributed by atoms with Crippen LogP contribution in [-0.4, -0.2) is 42.6 Å². The van der Waals surface area contributed by atoms with Crippen LogP contribution in [-0.2, 0) is 23.0 Å². The zero-order valence-electron chi connectivity index (χ0n) is 15.2. The molecule has 27 heavy (non-hydrogen) atoms. The molecule has 10 heteroatoms.